The molecule has 1 heterocycles. The lowest BCUT2D eigenvalue weighted by Gasteiger charge is -2.41. The fourth-order valence-corrected chi connectivity index (χ4v) is 2.22. The number of nitriles is 1. The Morgan fingerprint density at radius 1 is 1.11 bits per heavy atom. The molecule has 0 aromatic rings. The Morgan fingerprint density at radius 2 is 1.67 bits per heavy atom. The average molecular weight is 263 g/mol. The topological polar surface area (TPSA) is 30.3 Å². The highest BCUT2D eigenvalue weighted by Crippen LogP contribution is 2.28. The third-order valence-corrected chi connectivity index (χ3v) is 3.57. The van der Waals surface area contributed by atoms with E-state index in [2.05, 4.69) is 11.0 Å². The number of halogens is 3. The van der Waals surface area contributed by atoms with Gasteiger partial charge in [-0.1, -0.05) is 0 Å². The Balaban J connectivity index is 2.49. The van der Waals surface area contributed by atoms with Gasteiger partial charge >= 0.3 is 6.18 Å². The second-order valence-electron chi connectivity index (χ2n) is 5.14. The molecule has 0 bridgehead atoms. The molecule has 6 heteroatoms. The van der Waals surface area contributed by atoms with E-state index < -0.39 is 18.1 Å². The number of nitrogens with zero attached hydrogens (tertiary/aromatic N) is 3. The van der Waals surface area contributed by atoms with E-state index in [9.17, 15) is 18.4 Å². The molecule has 1 unspecified atom stereocenters. The van der Waals surface area contributed by atoms with Crippen molar-refractivity contribution in [1.29, 1.82) is 5.26 Å². The van der Waals surface area contributed by atoms with Gasteiger partial charge in [0.25, 0.3) is 0 Å². The summed E-state index contributed by atoms with van der Waals surface area (Å²) in [6, 6.07) is 2.19. The summed E-state index contributed by atoms with van der Waals surface area (Å²) in [7, 11) is 2.00. The van der Waals surface area contributed by atoms with E-state index in [4.69, 9.17) is 0 Å². The molecule has 0 saturated carbocycles. The molecule has 3 nitrogen and oxygen atoms in total. The van der Waals surface area contributed by atoms with Crippen molar-refractivity contribution in [3.8, 4) is 6.07 Å². The van der Waals surface area contributed by atoms with Crippen LogP contribution in [0.25, 0.3) is 0 Å². The van der Waals surface area contributed by atoms with Gasteiger partial charge in [0.15, 0.2) is 0 Å². The molecule has 1 fully saturated rings. The molecule has 0 aliphatic carbocycles. The molecular formula is C12H20F3N3. The predicted molar refractivity (Wildman–Crippen MR) is 63.0 cm³/mol. The Bertz CT molecular complexity index is 303. The number of alkyl halides is 3. The van der Waals surface area contributed by atoms with E-state index in [1.807, 2.05) is 11.9 Å². The van der Waals surface area contributed by atoms with Gasteiger partial charge in [-0.15, -0.1) is 0 Å². The maximum atomic E-state index is 12.1. The normalized spacial score (nSPS) is 22.4. The van der Waals surface area contributed by atoms with Crippen LogP contribution in [0.1, 0.15) is 26.2 Å². The lowest BCUT2D eigenvalue weighted by molar-refractivity contribution is -0.136. The highest BCUT2D eigenvalue weighted by molar-refractivity contribution is 5.06. The predicted octanol–water partition coefficient (Wildman–Crippen LogP) is 2.25. The summed E-state index contributed by atoms with van der Waals surface area (Å²) in [6.45, 7) is 4.95. The third kappa shape index (κ3) is 4.46. The quantitative estimate of drug-likeness (QED) is 0.779. The van der Waals surface area contributed by atoms with Crippen LogP contribution in [0, 0.1) is 11.3 Å². The van der Waals surface area contributed by atoms with Crippen molar-refractivity contribution in [2.75, 3.05) is 33.2 Å². The van der Waals surface area contributed by atoms with Gasteiger partial charge in [-0.2, -0.15) is 18.4 Å². The minimum Gasteiger partial charge on any atom is -0.304 e. The van der Waals surface area contributed by atoms with Gasteiger partial charge in [0.05, 0.1) is 6.07 Å². The van der Waals surface area contributed by atoms with Crippen LogP contribution in [-0.2, 0) is 0 Å². The maximum Gasteiger partial charge on any atom is 0.389 e. The number of likely N-dealkylation sites (N-methyl/N-ethyl adjacent to an activating group) is 1. The van der Waals surface area contributed by atoms with Gasteiger partial charge < -0.3 is 4.90 Å². The molecule has 1 atom stereocenters. The number of hydrogen-bond acceptors (Lipinski definition) is 3. The second-order valence-corrected chi connectivity index (χ2v) is 5.14. The zero-order valence-electron chi connectivity index (χ0n) is 10.9. The molecular weight excluding hydrogens is 243 g/mol. The molecule has 1 aliphatic rings. The van der Waals surface area contributed by atoms with E-state index in [1.165, 1.54) is 0 Å². The van der Waals surface area contributed by atoms with E-state index in [0.29, 0.717) is 0 Å². The minimum atomic E-state index is -4.13. The van der Waals surface area contributed by atoms with Crippen LogP contribution >= 0.6 is 0 Å². The summed E-state index contributed by atoms with van der Waals surface area (Å²) in [5, 5.41) is 9.25. The number of piperazine rings is 1. The van der Waals surface area contributed by atoms with Crippen LogP contribution in [0.15, 0.2) is 0 Å². The minimum absolute atomic E-state index is 0.0138. The van der Waals surface area contributed by atoms with Gasteiger partial charge in [0.1, 0.15) is 5.54 Å². The van der Waals surface area contributed by atoms with Crippen LogP contribution in [0.3, 0.4) is 0 Å². The van der Waals surface area contributed by atoms with Crippen molar-refractivity contribution < 1.29 is 13.2 Å². The second kappa shape index (κ2) is 5.89. The lowest BCUT2D eigenvalue weighted by Crippen LogP contribution is -2.54. The van der Waals surface area contributed by atoms with Gasteiger partial charge in [0.2, 0.25) is 0 Å². The van der Waals surface area contributed by atoms with Crippen LogP contribution in [0.5, 0.6) is 0 Å². The molecule has 0 aromatic heterocycles. The molecule has 1 saturated heterocycles. The van der Waals surface area contributed by atoms with Gasteiger partial charge in [-0.3, -0.25) is 4.90 Å². The first kappa shape index (κ1) is 15.3. The summed E-state index contributed by atoms with van der Waals surface area (Å²) in [4.78, 5) is 4.16. The summed E-state index contributed by atoms with van der Waals surface area (Å²) in [5.41, 5.74) is -0.771. The van der Waals surface area contributed by atoms with E-state index in [-0.39, 0.29) is 12.8 Å². The fraction of sp³-hybridized carbons (Fsp3) is 0.917. The largest absolute Gasteiger partial charge is 0.389 e. The van der Waals surface area contributed by atoms with Crippen molar-refractivity contribution in [3.63, 3.8) is 0 Å². The van der Waals surface area contributed by atoms with Crippen LogP contribution < -0.4 is 0 Å². The van der Waals surface area contributed by atoms with E-state index in [0.717, 1.165) is 26.2 Å². The van der Waals surface area contributed by atoms with Crippen LogP contribution in [0.2, 0.25) is 0 Å². The molecule has 0 N–H and O–H groups in total. The fourth-order valence-electron chi connectivity index (χ4n) is 2.22. The van der Waals surface area contributed by atoms with Crippen molar-refractivity contribution >= 4 is 0 Å². The number of hydrogen-bond donors (Lipinski definition) is 0. The first-order chi connectivity index (χ1) is 8.27. The average Bonchev–Trinajstić information content (AvgIpc) is 2.28. The Labute approximate surface area is 106 Å². The standard InChI is InChI=1S/C12H20F3N3/c1-11(10-16,4-3-5-12(13,14)15)18-8-6-17(2)7-9-18/h3-9H2,1-2H3. The van der Waals surface area contributed by atoms with Crippen LogP contribution in [-0.4, -0.2) is 54.7 Å². The SMILES string of the molecule is CN1CCN(C(C)(C#N)CCCC(F)(F)F)CC1. The summed E-state index contributed by atoms with van der Waals surface area (Å²) in [6.07, 6.45) is -4.65. The summed E-state index contributed by atoms with van der Waals surface area (Å²) < 4.78 is 36.4. The van der Waals surface area contributed by atoms with Gasteiger partial charge in [-0.25, -0.2) is 0 Å². The molecule has 104 valence electrons. The van der Waals surface area contributed by atoms with Crippen molar-refractivity contribution in [1.82, 2.24) is 9.80 Å². The monoisotopic (exact) mass is 263 g/mol. The first-order valence-electron chi connectivity index (χ1n) is 6.18. The van der Waals surface area contributed by atoms with Crippen molar-refractivity contribution in [2.45, 2.75) is 37.9 Å². The number of rotatable bonds is 4. The highest BCUT2D eigenvalue weighted by atomic mass is 19.4. The molecule has 18 heavy (non-hydrogen) atoms. The maximum absolute atomic E-state index is 12.1. The smallest absolute Gasteiger partial charge is 0.304 e. The summed E-state index contributed by atoms with van der Waals surface area (Å²) >= 11 is 0. The molecule has 1 rings (SSSR count). The first-order valence-corrected chi connectivity index (χ1v) is 6.18. The Kier molecular flexibility index (Phi) is 5.00. The summed E-state index contributed by atoms with van der Waals surface area (Å²) in [5.74, 6) is 0. The molecule has 0 spiro atoms. The molecule has 0 radical (unpaired) electrons. The zero-order valence-corrected chi connectivity index (χ0v) is 10.9. The van der Waals surface area contributed by atoms with E-state index >= 15 is 0 Å². The van der Waals surface area contributed by atoms with Gasteiger partial charge in [0, 0.05) is 32.6 Å². The van der Waals surface area contributed by atoms with Crippen LogP contribution in [0.4, 0.5) is 13.2 Å². The Hall–Kier alpha value is -0.800. The molecule has 1 aliphatic heterocycles. The zero-order chi connectivity index (χ0) is 13.8. The van der Waals surface area contributed by atoms with E-state index in [1.54, 1.807) is 6.92 Å². The third-order valence-electron chi connectivity index (χ3n) is 3.57. The molecule has 0 aromatic carbocycles. The highest BCUT2D eigenvalue weighted by Gasteiger charge is 2.35. The van der Waals surface area contributed by atoms with Crippen molar-refractivity contribution in [3.05, 3.63) is 0 Å². The van der Waals surface area contributed by atoms with Crippen molar-refractivity contribution in [2.24, 2.45) is 0 Å². The lowest BCUT2D eigenvalue weighted by atomic mass is 9.93. The molecule has 0 amide bonds. The Morgan fingerprint density at radius 3 is 2.11 bits per heavy atom. The van der Waals surface area contributed by atoms with Gasteiger partial charge in [-0.05, 0) is 26.8 Å².